The third-order valence-electron chi connectivity index (χ3n) is 4.90. The van der Waals surface area contributed by atoms with E-state index in [1.807, 2.05) is 0 Å². The van der Waals surface area contributed by atoms with E-state index in [1.54, 1.807) is 0 Å². The predicted octanol–water partition coefficient (Wildman–Crippen LogP) is 6.79. The van der Waals surface area contributed by atoms with E-state index in [0.717, 1.165) is 23.7 Å². The van der Waals surface area contributed by atoms with Gasteiger partial charge in [0.2, 0.25) is 0 Å². The van der Waals surface area contributed by atoms with Crippen LogP contribution in [0.25, 0.3) is 0 Å². The van der Waals surface area contributed by atoms with Gasteiger partial charge < -0.3 is 0 Å². The minimum atomic E-state index is 0.448. The normalized spacial score (nSPS) is 18.5. The molecule has 0 amide bonds. The maximum Gasteiger partial charge on any atom is -0.0354 e. The van der Waals surface area contributed by atoms with Crippen molar-refractivity contribution in [3.05, 3.63) is 0 Å². The highest BCUT2D eigenvalue weighted by atomic mass is 14.3. The Morgan fingerprint density at radius 3 is 1.42 bits per heavy atom. The van der Waals surface area contributed by atoms with E-state index in [4.69, 9.17) is 0 Å². The Kier molecular flexibility index (Phi) is 7.14. The summed E-state index contributed by atoms with van der Waals surface area (Å²) >= 11 is 0. The molecule has 3 unspecified atom stereocenters. The molecule has 0 aliphatic heterocycles. The molecule has 0 aromatic rings. The summed E-state index contributed by atoms with van der Waals surface area (Å²) in [6.45, 7) is 24.0. The molecule has 0 N–H and O–H groups in total. The maximum absolute atomic E-state index is 2.46. The fourth-order valence-electron chi connectivity index (χ4n) is 2.91. The van der Waals surface area contributed by atoms with Gasteiger partial charge in [-0.3, -0.25) is 0 Å². The fraction of sp³-hybridized carbons (Fsp3) is 1.00. The zero-order valence-corrected chi connectivity index (χ0v) is 15.4. The topological polar surface area (TPSA) is 0 Å². The Morgan fingerprint density at radius 2 is 1.11 bits per heavy atom. The summed E-state index contributed by atoms with van der Waals surface area (Å²) in [5.41, 5.74) is 0.896. The van der Waals surface area contributed by atoms with E-state index in [1.165, 1.54) is 19.3 Å². The van der Waals surface area contributed by atoms with Crippen molar-refractivity contribution in [2.45, 2.75) is 88.5 Å². The van der Waals surface area contributed by atoms with Crippen LogP contribution in [0.3, 0.4) is 0 Å². The molecule has 0 radical (unpaired) electrons. The standard InChI is InChI=1S/C19H40/c1-14(2)11-17(19(8,9)10)13-15(3)12-16(4)18(5,6)7/h14-17H,11-13H2,1-10H3. The molecule has 0 saturated heterocycles. The van der Waals surface area contributed by atoms with Crippen LogP contribution in [-0.4, -0.2) is 0 Å². The van der Waals surface area contributed by atoms with Crippen molar-refractivity contribution < 1.29 is 0 Å². The lowest BCUT2D eigenvalue weighted by atomic mass is 9.69. The Bertz CT molecular complexity index is 236. The Balaban J connectivity index is 4.52. The van der Waals surface area contributed by atoms with Gasteiger partial charge in [-0.15, -0.1) is 0 Å². The minimum Gasteiger partial charge on any atom is -0.0628 e. The van der Waals surface area contributed by atoms with Crippen LogP contribution in [0.4, 0.5) is 0 Å². The second-order valence-corrected chi connectivity index (χ2v) is 9.54. The zero-order valence-electron chi connectivity index (χ0n) is 15.4. The van der Waals surface area contributed by atoms with Crippen molar-refractivity contribution in [1.82, 2.24) is 0 Å². The second-order valence-electron chi connectivity index (χ2n) is 9.54. The quantitative estimate of drug-likeness (QED) is 0.497. The van der Waals surface area contributed by atoms with Crippen LogP contribution in [0.1, 0.15) is 88.5 Å². The van der Waals surface area contributed by atoms with Gasteiger partial charge in [0.05, 0.1) is 0 Å². The lowest BCUT2D eigenvalue weighted by Gasteiger charge is -2.36. The van der Waals surface area contributed by atoms with E-state index >= 15 is 0 Å². The predicted molar refractivity (Wildman–Crippen MR) is 89.4 cm³/mol. The van der Waals surface area contributed by atoms with Crippen LogP contribution in [0.2, 0.25) is 0 Å². The summed E-state index contributed by atoms with van der Waals surface area (Å²) in [6.07, 6.45) is 4.13. The highest BCUT2D eigenvalue weighted by Gasteiger charge is 2.29. The summed E-state index contributed by atoms with van der Waals surface area (Å²) < 4.78 is 0. The van der Waals surface area contributed by atoms with Crippen LogP contribution in [0.15, 0.2) is 0 Å². The molecule has 0 aromatic carbocycles. The van der Waals surface area contributed by atoms with Gasteiger partial charge in [0.1, 0.15) is 0 Å². The molecule has 0 bridgehead atoms. The lowest BCUT2D eigenvalue weighted by molar-refractivity contribution is 0.144. The summed E-state index contributed by atoms with van der Waals surface area (Å²) in [5, 5.41) is 0. The molecule has 116 valence electrons. The molecule has 0 aliphatic carbocycles. The molecular weight excluding hydrogens is 228 g/mol. The molecule has 0 nitrogen and oxygen atoms in total. The van der Waals surface area contributed by atoms with Crippen LogP contribution in [-0.2, 0) is 0 Å². The largest absolute Gasteiger partial charge is 0.0628 e. The van der Waals surface area contributed by atoms with Crippen LogP contribution in [0.5, 0.6) is 0 Å². The monoisotopic (exact) mass is 268 g/mol. The van der Waals surface area contributed by atoms with E-state index in [9.17, 15) is 0 Å². The van der Waals surface area contributed by atoms with Gasteiger partial charge >= 0.3 is 0 Å². The second kappa shape index (κ2) is 7.14. The number of hydrogen-bond donors (Lipinski definition) is 0. The molecule has 3 atom stereocenters. The number of rotatable bonds is 6. The Hall–Kier alpha value is 0. The van der Waals surface area contributed by atoms with Gasteiger partial charge in [0.15, 0.2) is 0 Å². The van der Waals surface area contributed by atoms with Crippen molar-refractivity contribution in [3.8, 4) is 0 Å². The molecule has 19 heavy (non-hydrogen) atoms. The first kappa shape index (κ1) is 19.0. The average Bonchev–Trinajstić information content (AvgIpc) is 2.12. The Labute approximate surface area is 123 Å². The maximum atomic E-state index is 2.46. The third-order valence-corrected chi connectivity index (χ3v) is 4.90. The molecule has 0 rings (SSSR count). The first-order chi connectivity index (χ1) is 8.34. The lowest BCUT2D eigenvalue weighted by Crippen LogP contribution is -2.26. The van der Waals surface area contributed by atoms with Crippen molar-refractivity contribution in [2.75, 3.05) is 0 Å². The van der Waals surface area contributed by atoms with Crippen LogP contribution < -0.4 is 0 Å². The van der Waals surface area contributed by atoms with E-state index in [-0.39, 0.29) is 0 Å². The van der Waals surface area contributed by atoms with Gasteiger partial charge in [-0.2, -0.15) is 0 Å². The highest BCUT2D eigenvalue weighted by Crippen LogP contribution is 2.39. The molecule has 0 fully saturated rings. The summed E-state index contributed by atoms with van der Waals surface area (Å²) in [7, 11) is 0. The van der Waals surface area contributed by atoms with E-state index in [0.29, 0.717) is 10.8 Å². The van der Waals surface area contributed by atoms with Gasteiger partial charge in [-0.25, -0.2) is 0 Å². The van der Waals surface area contributed by atoms with Gasteiger partial charge in [-0.1, -0.05) is 69.2 Å². The Morgan fingerprint density at radius 1 is 0.632 bits per heavy atom. The molecular formula is C19H40. The van der Waals surface area contributed by atoms with E-state index in [2.05, 4.69) is 69.2 Å². The van der Waals surface area contributed by atoms with Crippen LogP contribution >= 0.6 is 0 Å². The van der Waals surface area contributed by atoms with Gasteiger partial charge in [-0.05, 0) is 53.8 Å². The summed E-state index contributed by atoms with van der Waals surface area (Å²) in [4.78, 5) is 0. The molecule has 0 aromatic heterocycles. The number of hydrogen-bond acceptors (Lipinski definition) is 0. The fourth-order valence-corrected chi connectivity index (χ4v) is 2.91. The van der Waals surface area contributed by atoms with Crippen molar-refractivity contribution in [2.24, 2.45) is 34.5 Å². The van der Waals surface area contributed by atoms with Gasteiger partial charge in [0.25, 0.3) is 0 Å². The third kappa shape index (κ3) is 8.00. The summed E-state index contributed by atoms with van der Waals surface area (Å²) in [5.74, 6) is 3.32. The van der Waals surface area contributed by atoms with Crippen molar-refractivity contribution in [3.63, 3.8) is 0 Å². The first-order valence-electron chi connectivity index (χ1n) is 8.34. The molecule has 0 spiro atoms. The van der Waals surface area contributed by atoms with Crippen molar-refractivity contribution >= 4 is 0 Å². The zero-order chi connectivity index (χ0) is 15.4. The molecule has 0 saturated carbocycles. The summed E-state index contributed by atoms with van der Waals surface area (Å²) in [6, 6.07) is 0. The van der Waals surface area contributed by atoms with Crippen molar-refractivity contribution in [1.29, 1.82) is 0 Å². The highest BCUT2D eigenvalue weighted by molar-refractivity contribution is 4.79. The van der Waals surface area contributed by atoms with Gasteiger partial charge in [0, 0.05) is 0 Å². The molecule has 0 heteroatoms. The first-order valence-corrected chi connectivity index (χ1v) is 8.34. The smallest absolute Gasteiger partial charge is 0.0354 e. The average molecular weight is 269 g/mol. The minimum absolute atomic E-state index is 0.448. The van der Waals surface area contributed by atoms with E-state index < -0.39 is 0 Å². The van der Waals surface area contributed by atoms with Crippen LogP contribution in [0, 0.1) is 34.5 Å². The SMILES string of the molecule is CC(C)CC(CC(C)CC(C)C(C)(C)C)C(C)(C)C. The molecule has 0 aliphatic rings. The molecule has 0 heterocycles.